The molecule has 102 valence electrons. The van der Waals surface area contributed by atoms with Gasteiger partial charge in [-0.15, -0.1) is 0 Å². The lowest BCUT2D eigenvalue weighted by molar-refractivity contribution is -0.105. The van der Waals surface area contributed by atoms with Gasteiger partial charge in [0, 0.05) is 13.1 Å². The number of carbonyl (C=O) groups is 2. The van der Waals surface area contributed by atoms with Gasteiger partial charge in [0.1, 0.15) is 0 Å². The second-order valence-corrected chi connectivity index (χ2v) is 4.20. The van der Waals surface area contributed by atoms with Crippen molar-refractivity contribution in [1.29, 1.82) is 0 Å². The number of benzene rings is 1. The summed E-state index contributed by atoms with van der Waals surface area (Å²) in [5.41, 5.74) is 0.972. The molecule has 1 aromatic rings. The van der Waals surface area contributed by atoms with Gasteiger partial charge >= 0.3 is 0 Å². The van der Waals surface area contributed by atoms with Crippen molar-refractivity contribution in [3.05, 3.63) is 29.8 Å². The molecule has 19 heavy (non-hydrogen) atoms. The molecule has 0 bridgehead atoms. The Hall–Kier alpha value is -1.92. The number of nitrogens with zero attached hydrogens (tertiary/aromatic N) is 1. The van der Waals surface area contributed by atoms with Gasteiger partial charge in [0.15, 0.2) is 0 Å². The minimum atomic E-state index is -0.198. The first-order valence-corrected chi connectivity index (χ1v) is 6.19. The third-order valence-corrected chi connectivity index (χ3v) is 2.95. The maximum atomic E-state index is 12.1. The largest absolute Gasteiger partial charge is 0.379 e. The number of morpholine rings is 1. The van der Waals surface area contributed by atoms with E-state index in [2.05, 4.69) is 15.5 Å². The van der Waals surface area contributed by atoms with Crippen molar-refractivity contribution >= 4 is 18.0 Å². The molecule has 2 rings (SSSR count). The van der Waals surface area contributed by atoms with Crippen molar-refractivity contribution in [2.75, 3.05) is 38.3 Å². The van der Waals surface area contributed by atoms with Crippen LogP contribution in [0, 0.1) is 0 Å². The van der Waals surface area contributed by atoms with Crippen LogP contribution < -0.4 is 10.6 Å². The van der Waals surface area contributed by atoms with E-state index in [0.717, 1.165) is 13.1 Å². The van der Waals surface area contributed by atoms with Crippen molar-refractivity contribution in [2.24, 2.45) is 0 Å². The second kappa shape index (κ2) is 6.86. The van der Waals surface area contributed by atoms with E-state index in [1.54, 1.807) is 24.3 Å². The van der Waals surface area contributed by atoms with Crippen molar-refractivity contribution in [2.45, 2.75) is 0 Å². The van der Waals surface area contributed by atoms with Crippen LogP contribution in [-0.4, -0.2) is 50.2 Å². The Kier molecular flexibility index (Phi) is 4.88. The van der Waals surface area contributed by atoms with Crippen LogP contribution in [0.2, 0.25) is 0 Å². The summed E-state index contributed by atoms with van der Waals surface area (Å²) in [6, 6.07) is 6.91. The number of nitrogens with one attached hydrogen (secondary N) is 2. The Morgan fingerprint density at radius 3 is 2.79 bits per heavy atom. The van der Waals surface area contributed by atoms with E-state index in [0.29, 0.717) is 37.5 Å². The third kappa shape index (κ3) is 3.77. The molecule has 1 aliphatic rings. The molecule has 6 heteroatoms. The maximum absolute atomic E-state index is 12.1. The molecule has 0 atom stereocenters. The summed E-state index contributed by atoms with van der Waals surface area (Å²) in [4.78, 5) is 24.7. The van der Waals surface area contributed by atoms with E-state index in [4.69, 9.17) is 4.74 Å². The minimum Gasteiger partial charge on any atom is -0.379 e. The van der Waals surface area contributed by atoms with Crippen molar-refractivity contribution in [3.8, 4) is 0 Å². The number of para-hydroxylation sites is 1. The van der Waals surface area contributed by atoms with E-state index >= 15 is 0 Å². The molecule has 0 radical (unpaired) electrons. The zero-order valence-corrected chi connectivity index (χ0v) is 10.6. The molecule has 2 amide bonds. The van der Waals surface area contributed by atoms with Gasteiger partial charge in [0.05, 0.1) is 31.1 Å². The Bertz CT molecular complexity index is 445. The standard InChI is InChI=1S/C13H17N3O3/c17-10-15-12-4-2-1-3-11(12)13(18)14-9-16-5-7-19-8-6-16/h1-4,10H,5-9H2,(H,14,18)(H,15,17). The summed E-state index contributed by atoms with van der Waals surface area (Å²) in [6.45, 7) is 3.50. The predicted molar refractivity (Wildman–Crippen MR) is 70.9 cm³/mol. The molecule has 1 aromatic carbocycles. The lowest BCUT2D eigenvalue weighted by Gasteiger charge is -2.26. The van der Waals surface area contributed by atoms with E-state index in [-0.39, 0.29) is 5.91 Å². The number of amides is 2. The number of hydrogen-bond donors (Lipinski definition) is 2. The van der Waals surface area contributed by atoms with Crippen LogP contribution >= 0.6 is 0 Å². The molecule has 2 N–H and O–H groups in total. The molecule has 1 heterocycles. The SMILES string of the molecule is O=CNc1ccccc1C(=O)NCN1CCOCC1. The summed E-state index contributed by atoms with van der Waals surface area (Å²) >= 11 is 0. The summed E-state index contributed by atoms with van der Waals surface area (Å²) in [5.74, 6) is -0.198. The lowest BCUT2D eigenvalue weighted by atomic mass is 10.1. The van der Waals surface area contributed by atoms with Gasteiger partial charge in [-0.25, -0.2) is 0 Å². The molecular formula is C13H17N3O3. The van der Waals surface area contributed by atoms with Crippen LogP contribution in [0.25, 0.3) is 0 Å². The van der Waals surface area contributed by atoms with Crippen LogP contribution in [-0.2, 0) is 9.53 Å². The van der Waals surface area contributed by atoms with Gasteiger partial charge in [-0.1, -0.05) is 12.1 Å². The molecule has 0 spiro atoms. The average Bonchev–Trinajstić information content (AvgIpc) is 2.47. The fourth-order valence-electron chi connectivity index (χ4n) is 1.91. The average molecular weight is 263 g/mol. The van der Waals surface area contributed by atoms with E-state index in [1.165, 1.54) is 0 Å². The van der Waals surface area contributed by atoms with Crippen molar-refractivity contribution in [1.82, 2.24) is 10.2 Å². The molecule has 6 nitrogen and oxygen atoms in total. The van der Waals surface area contributed by atoms with Crippen LogP contribution in [0.4, 0.5) is 5.69 Å². The van der Waals surface area contributed by atoms with E-state index in [1.807, 2.05) is 0 Å². The molecule has 0 aromatic heterocycles. The number of carbonyl (C=O) groups excluding carboxylic acids is 2. The Labute approximate surface area is 111 Å². The molecule has 1 aliphatic heterocycles. The van der Waals surface area contributed by atoms with E-state index < -0.39 is 0 Å². The Balaban J connectivity index is 1.93. The summed E-state index contributed by atoms with van der Waals surface area (Å²) in [7, 11) is 0. The highest BCUT2D eigenvalue weighted by Crippen LogP contribution is 2.13. The first-order valence-electron chi connectivity index (χ1n) is 6.19. The van der Waals surface area contributed by atoms with Crippen LogP contribution in [0.1, 0.15) is 10.4 Å². The van der Waals surface area contributed by atoms with Crippen molar-refractivity contribution < 1.29 is 14.3 Å². The van der Waals surface area contributed by atoms with Crippen LogP contribution in [0.3, 0.4) is 0 Å². The molecule has 0 unspecified atom stereocenters. The first kappa shape index (κ1) is 13.5. The highest BCUT2D eigenvalue weighted by molar-refractivity contribution is 6.01. The summed E-state index contributed by atoms with van der Waals surface area (Å²) in [5, 5.41) is 5.36. The molecule has 1 saturated heterocycles. The first-order chi connectivity index (χ1) is 9.31. The monoisotopic (exact) mass is 263 g/mol. The Morgan fingerprint density at radius 1 is 1.32 bits per heavy atom. The number of anilines is 1. The van der Waals surface area contributed by atoms with Gasteiger partial charge in [0.25, 0.3) is 5.91 Å². The zero-order chi connectivity index (χ0) is 13.5. The Morgan fingerprint density at radius 2 is 2.05 bits per heavy atom. The number of rotatable bonds is 5. The fraction of sp³-hybridized carbons (Fsp3) is 0.385. The topological polar surface area (TPSA) is 70.7 Å². The molecule has 0 aliphatic carbocycles. The van der Waals surface area contributed by atoms with Crippen LogP contribution in [0.15, 0.2) is 24.3 Å². The highest BCUT2D eigenvalue weighted by Gasteiger charge is 2.14. The predicted octanol–water partition coefficient (Wildman–Crippen LogP) is 0.274. The second-order valence-electron chi connectivity index (χ2n) is 4.20. The summed E-state index contributed by atoms with van der Waals surface area (Å²) in [6.07, 6.45) is 0.564. The normalized spacial score (nSPS) is 15.8. The zero-order valence-electron chi connectivity index (χ0n) is 10.6. The van der Waals surface area contributed by atoms with E-state index in [9.17, 15) is 9.59 Å². The smallest absolute Gasteiger partial charge is 0.254 e. The summed E-state index contributed by atoms with van der Waals surface area (Å²) < 4.78 is 5.24. The van der Waals surface area contributed by atoms with Crippen molar-refractivity contribution in [3.63, 3.8) is 0 Å². The van der Waals surface area contributed by atoms with Gasteiger partial charge < -0.3 is 15.4 Å². The van der Waals surface area contributed by atoms with Gasteiger partial charge in [0.2, 0.25) is 6.41 Å². The van der Waals surface area contributed by atoms with Gasteiger partial charge in [-0.05, 0) is 12.1 Å². The molecule has 1 fully saturated rings. The minimum absolute atomic E-state index is 0.198. The lowest BCUT2D eigenvalue weighted by Crippen LogP contribution is -2.43. The highest BCUT2D eigenvalue weighted by atomic mass is 16.5. The quantitative estimate of drug-likeness (QED) is 0.748. The number of hydrogen-bond acceptors (Lipinski definition) is 4. The maximum Gasteiger partial charge on any atom is 0.254 e. The van der Waals surface area contributed by atoms with Gasteiger partial charge in [-0.2, -0.15) is 0 Å². The number of ether oxygens (including phenoxy) is 1. The molecule has 0 saturated carbocycles. The third-order valence-electron chi connectivity index (χ3n) is 2.95. The van der Waals surface area contributed by atoms with Crippen LogP contribution in [0.5, 0.6) is 0 Å². The molecular weight excluding hydrogens is 246 g/mol. The van der Waals surface area contributed by atoms with Gasteiger partial charge in [-0.3, -0.25) is 14.5 Å². The fourth-order valence-corrected chi connectivity index (χ4v) is 1.91.